The van der Waals surface area contributed by atoms with Gasteiger partial charge in [0.2, 0.25) is 0 Å². The molecule has 0 aliphatic carbocycles. The molecule has 24 heavy (non-hydrogen) atoms. The quantitative estimate of drug-likeness (QED) is 0.286. The Morgan fingerprint density at radius 3 is 2.54 bits per heavy atom. The molecule has 1 aromatic rings. The van der Waals surface area contributed by atoms with Crippen molar-refractivity contribution in [3.8, 4) is 5.75 Å². The topological polar surface area (TPSA) is 149 Å². The molecule has 0 bridgehead atoms. The summed E-state index contributed by atoms with van der Waals surface area (Å²) < 4.78 is 14.4. The van der Waals surface area contributed by atoms with Crippen LogP contribution in [0.3, 0.4) is 0 Å². The first-order chi connectivity index (χ1) is 10.8. The lowest BCUT2D eigenvalue weighted by atomic mass is 10.0. The predicted molar refractivity (Wildman–Crippen MR) is 88.8 cm³/mol. The molecule has 0 aliphatic rings. The number of thiol groups is 1. The fourth-order valence-corrected chi connectivity index (χ4v) is 2.51. The van der Waals surface area contributed by atoms with Gasteiger partial charge in [-0.15, -0.1) is 0 Å². The lowest BCUT2D eigenvalue weighted by molar-refractivity contribution is -0.140. The first-order valence-corrected chi connectivity index (χ1v) is 8.85. The van der Waals surface area contributed by atoms with Crippen LogP contribution in [0.25, 0.3) is 0 Å². The third-order valence-electron chi connectivity index (χ3n) is 3.25. The van der Waals surface area contributed by atoms with Crippen LogP contribution in [-0.2, 0) is 27.0 Å². The molecule has 0 saturated heterocycles. The zero-order chi connectivity index (χ0) is 18.7. The maximum absolute atomic E-state index is 11.3. The van der Waals surface area contributed by atoms with Crippen molar-refractivity contribution in [2.45, 2.75) is 44.7 Å². The maximum Gasteiger partial charge on any atom is 0.469 e. The predicted octanol–water partition coefficient (Wildman–Crippen LogP) is 0.956. The highest BCUT2D eigenvalue weighted by Gasteiger charge is 2.32. The number of hydrogen-bond donors (Lipinski definition) is 6. The van der Waals surface area contributed by atoms with Gasteiger partial charge in [-0.2, -0.15) is 12.6 Å². The Morgan fingerprint density at radius 2 is 2.08 bits per heavy atom. The Morgan fingerprint density at radius 1 is 1.50 bits per heavy atom. The van der Waals surface area contributed by atoms with Crippen LogP contribution in [-0.4, -0.2) is 41.7 Å². The van der Waals surface area contributed by atoms with Crippen LogP contribution >= 0.6 is 20.5 Å². The van der Waals surface area contributed by atoms with Crippen LogP contribution in [0.1, 0.15) is 30.7 Å². The molecule has 0 radical (unpaired) electrons. The number of phosphoric acid groups is 1. The average molecular weight is 380 g/mol. The number of aromatic hydroxyl groups is 1. The van der Waals surface area contributed by atoms with E-state index in [1.165, 1.54) is 6.20 Å². The molecule has 1 heterocycles. The summed E-state index contributed by atoms with van der Waals surface area (Å²) in [6.07, 6.45) is 1.31. The van der Waals surface area contributed by atoms with Crippen molar-refractivity contribution in [2.24, 2.45) is 0 Å². The van der Waals surface area contributed by atoms with Crippen molar-refractivity contribution in [2.75, 3.05) is 0 Å². The summed E-state index contributed by atoms with van der Waals surface area (Å²) >= 11 is 4.24. The van der Waals surface area contributed by atoms with Crippen LogP contribution < -0.4 is 5.32 Å². The van der Waals surface area contributed by atoms with Crippen molar-refractivity contribution >= 4 is 26.4 Å². The van der Waals surface area contributed by atoms with Crippen LogP contribution in [0.2, 0.25) is 0 Å². The highest BCUT2D eigenvalue weighted by molar-refractivity contribution is 7.81. The fourth-order valence-electron chi connectivity index (χ4n) is 2.00. The molecule has 5 N–H and O–H groups in total. The number of nitrogens with one attached hydrogen (secondary N) is 1. The summed E-state index contributed by atoms with van der Waals surface area (Å²) in [5.41, 5.74) is 0.776. The molecular formula is C13H21N2O7PS. The van der Waals surface area contributed by atoms with Gasteiger partial charge in [-0.1, -0.05) is 0 Å². The van der Waals surface area contributed by atoms with E-state index >= 15 is 0 Å². The van der Waals surface area contributed by atoms with Crippen molar-refractivity contribution in [3.63, 3.8) is 0 Å². The van der Waals surface area contributed by atoms with Gasteiger partial charge in [0.25, 0.3) is 0 Å². The molecule has 0 aromatic carbocycles. The molecule has 11 heteroatoms. The molecule has 0 spiro atoms. The summed E-state index contributed by atoms with van der Waals surface area (Å²) in [4.78, 5) is 32.8. The van der Waals surface area contributed by atoms with Crippen molar-refractivity contribution in [1.29, 1.82) is 0 Å². The summed E-state index contributed by atoms with van der Waals surface area (Å²) in [5, 5.41) is 22.2. The number of hydrogen-bond acceptors (Lipinski definition) is 7. The average Bonchev–Trinajstić information content (AvgIpc) is 2.39. The Balaban J connectivity index is 3.06. The van der Waals surface area contributed by atoms with E-state index in [0.717, 1.165) is 0 Å². The van der Waals surface area contributed by atoms with E-state index in [4.69, 9.17) is 9.79 Å². The van der Waals surface area contributed by atoms with E-state index in [9.17, 15) is 19.6 Å². The van der Waals surface area contributed by atoms with Crippen LogP contribution in [0, 0.1) is 6.92 Å². The number of pyridine rings is 1. The largest absolute Gasteiger partial charge is 0.506 e. The van der Waals surface area contributed by atoms with Gasteiger partial charge >= 0.3 is 13.8 Å². The minimum atomic E-state index is -4.69. The zero-order valence-electron chi connectivity index (χ0n) is 13.4. The molecule has 0 amide bonds. The molecule has 1 aromatic heterocycles. The van der Waals surface area contributed by atoms with Gasteiger partial charge in [-0.3, -0.25) is 19.6 Å². The van der Waals surface area contributed by atoms with Crippen molar-refractivity contribution < 1.29 is 33.9 Å². The van der Waals surface area contributed by atoms with Gasteiger partial charge in [0.15, 0.2) is 0 Å². The smallest absolute Gasteiger partial charge is 0.469 e. The van der Waals surface area contributed by atoms with Gasteiger partial charge in [0.1, 0.15) is 11.8 Å². The maximum atomic E-state index is 11.3. The standard InChI is InChI=1S/C13H21N2O7PS/c1-7-10(16)9(5-15-11(12(17)18)13(2,3)24)8(4-14-7)6-22-23(19,20)21/h4,11,15-16,24H,5-6H2,1-3H3,(H,17,18)(H2,19,20,21)/t11-/m1/s1. The van der Waals surface area contributed by atoms with Crippen molar-refractivity contribution in [1.82, 2.24) is 10.3 Å². The molecule has 0 aliphatic heterocycles. The van der Waals surface area contributed by atoms with Gasteiger partial charge in [0.05, 0.1) is 12.3 Å². The van der Waals surface area contributed by atoms with Crippen LogP contribution in [0.5, 0.6) is 5.75 Å². The summed E-state index contributed by atoms with van der Waals surface area (Å²) in [5.74, 6) is -1.32. The minimum Gasteiger partial charge on any atom is -0.506 e. The molecule has 1 rings (SSSR count). The van der Waals surface area contributed by atoms with Gasteiger partial charge in [-0.25, -0.2) is 4.57 Å². The molecule has 0 fully saturated rings. The first kappa shape index (κ1) is 20.9. The molecule has 136 valence electrons. The Hall–Kier alpha value is -1.16. The number of aromatic nitrogens is 1. The fraction of sp³-hybridized carbons (Fsp3) is 0.538. The number of phosphoric ester groups is 1. The van der Waals surface area contributed by atoms with Crippen molar-refractivity contribution in [3.05, 3.63) is 23.0 Å². The Bertz CT molecular complexity index is 656. The number of aryl methyl sites for hydroxylation is 1. The van der Waals surface area contributed by atoms with E-state index in [1.54, 1.807) is 20.8 Å². The molecular weight excluding hydrogens is 359 g/mol. The minimum absolute atomic E-state index is 0.0734. The second-order valence-electron chi connectivity index (χ2n) is 5.77. The normalized spacial score (nSPS) is 13.8. The third kappa shape index (κ3) is 6.04. The number of carboxylic acid groups (broad SMARTS) is 1. The van der Waals surface area contributed by atoms with E-state index in [0.29, 0.717) is 5.69 Å². The van der Waals surface area contributed by atoms with Gasteiger partial charge in [0, 0.05) is 28.6 Å². The number of nitrogens with zero attached hydrogens (tertiary/aromatic N) is 1. The molecule has 0 unspecified atom stereocenters. The zero-order valence-corrected chi connectivity index (χ0v) is 15.2. The monoisotopic (exact) mass is 380 g/mol. The van der Waals surface area contributed by atoms with E-state index < -0.39 is 31.2 Å². The van der Waals surface area contributed by atoms with Gasteiger partial charge in [-0.05, 0) is 20.8 Å². The number of aliphatic carboxylic acids is 1. The second kappa shape index (κ2) is 7.81. The molecule has 9 nitrogen and oxygen atoms in total. The number of rotatable bonds is 8. The van der Waals surface area contributed by atoms with Crippen LogP contribution in [0.15, 0.2) is 6.20 Å². The summed E-state index contributed by atoms with van der Waals surface area (Å²) in [7, 11) is -4.69. The first-order valence-electron chi connectivity index (χ1n) is 6.88. The second-order valence-corrected chi connectivity index (χ2v) is 8.16. The highest BCUT2D eigenvalue weighted by atomic mass is 32.1. The molecule has 1 atom stereocenters. The lowest BCUT2D eigenvalue weighted by Gasteiger charge is -2.27. The van der Waals surface area contributed by atoms with E-state index in [2.05, 4.69) is 27.5 Å². The Labute approximate surface area is 144 Å². The SMILES string of the molecule is Cc1ncc(COP(=O)(O)O)c(CN[C@H](C(=O)O)C(C)(C)S)c1O. The lowest BCUT2D eigenvalue weighted by Crippen LogP contribution is -2.48. The Kier molecular flexibility index (Phi) is 6.80. The van der Waals surface area contributed by atoms with E-state index in [-0.39, 0.29) is 23.4 Å². The third-order valence-corrected chi connectivity index (χ3v) is 3.98. The number of carboxylic acids is 1. The van der Waals surface area contributed by atoms with Gasteiger partial charge < -0.3 is 20.0 Å². The summed E-state index contributed by atoms with van der Waals surface area (Å²) in [6, 6.07) is -1.02. The van der Waals surface area contributed by atoms with E-state index in [1.807, 2.05) is 0 Å². The highest BCUT2D eigenvalue weighted by Crippen LogP contribution is 2.38. The molecule has 0 saturated carbocycles. The number of carbonyl (C=O) groups is 1. The van der Waals surface area contributed by atoms with Crippen LogP contribution in [0.4, 0.5) is 0 Å². The summed E-state index contributed by atoms with van der Waals surface area (Å²) in [6.45, 7) is 4.23.